The molecule has 0 fully saturated rings. The van der Waals surface area contributed by atoms with Crippen molar-refractivity contribution in [1.82, 2.24) is 4.72 Å². The van der Waals surface area contributed by atoms with Gasteiger partial charge in [-0.15, -0.1) is 0 Å². The average Bonchev–Trinajstić information content (AvgIpc) is 2.42. The van der Waals surface area contributed by atoms with Gasteiger partial charge in [-0.2, -0.15) is 0 Å². The zero-order chi connectivity index (χ0) is 16.3. The minimum atomic E-state index is -3.47. The summed E-state index contributed by atoms with van der Waals surface area (Å²) in [6, 6.07) is 12.3. The van der Waals surface area contributed by atoms with Crippen LogP contribution in [0.25, 0.3) is 0 Å². The van der Waals surface area contributed by atoms with E-state index in [4.69, 9.17) is 23.2 Å². The van der Waals surface area contributed by atoms with Gasteiger partial charge in [0.15, 0.2) is 0 Å². The Hall–Kier alpha value is -1.07. The molecule has 0 aliphatic carbocycles. The predicted molar refractivity (Wildman–Crippen MR) is 91.8 cm³/mol. The fourth-order valence-electron chi connectivity index (χ4n) is 2.08. The molecule has 0 spiro atoms. The summed E-state index contributed by atoms with van der Waals surface area (Å²) in [6.45, 7) is 3.81. The van der Waals surface area contributed by atoms with E-state index in [1.54, 1.807) is 18.2 Å². The molecule has 1 atom stereocenters. The molecule has 0 unspecified atom stereocenters. The molecule has 0 radical (unpaired) electrons. The van der Waals surface area contributed by atoms with Crippen molar-refractivity contribution >= 4 is 33.2 Å². The first-order valence-electron chi connectivity index (χ1n) is 6.77. The summed E-state index contributed by atoms with van der Waals surface area (Å²) in [7, 11) is -3.47. The second-order valence-corrected chi connectivity index (χ2v) is 7.83. The second-order valence-electron chi connectivity index (χ2n) is 5.26. The highest BCUT2D eigenvalue weighted by Crippen LogP contribution is 2.24. The normalized spacial score (nSPS) is 13.1. The summed E-state index contributed by atoms with van der Waals surface area (Å²) in [4.78, 5) is 0. The Bertz CT molecular complexity index is 758. The highest BCUT2D eigenvalue weighted by Gasteiger charge is 2.17. The van der Waals surface area contributed by atoms with Crippen LogP contribution >= 0.6 is 23.2 Å². The van der Waals surface area contributed by atoms with E-state index in [0.717, 1.165) is 11.1 Å². The van der Waals surface area contributed by atoms with Crippen LogP contribution in [0.3, 0.4) is 0 Å². The van der Waals surface area contributed by atoms with Crippen LogP contribution in [-0.4, -0.2) is 8.42 Å². The minimum Gasteiger partial charge on any atom is -0.212 e. The van der Waals surface area contributed by atoms with E-state index in [-0.39, 0.29) is 11.8 Å². The van der Waals surface area contributed by atoms with Gasteiger partial charge in [0.25, 0.3) is 0 Å². The maximum Gasteiger partial charge on any atom is 0.216 e. The van der Waals surface area contributed by atoms with Gasteiger partial charge in [-0.25, -0.2) is 13.1 Å². The van der Waals surface area contributed by atoms with Gasteiger partial charge in [-0.3, -0.25) is 0 Å². The lowest BCUT2D eigenvalue weighted by Crippen LogP contribution is -2.28. The van der Waals surface area contributed by atoms with Crippen LogP contribution in [0.15, 0.2) is 42.5 Å². The number of hydrogen-bond donors (Lipinski definition) is 1. The van der Waals surface area contributed by atoms with Gasteiger partial charge in [0.1, 0.15) is 0 Å². The number of sulfonamides is 1. The van der Waals surface area contributed by atoms with Crippen LogP contribution in [0.4, 0.5) is 0 Å². The van der Waals surface area contributed by atoms with Crippen molar-refractivity contribution in [3.63, 3.8) is 0 Å². The van der Waals surface area contributed by atoms with Crippen LogP contribution in [0.1, 0.15) is 29.7 Å². The predicted octanol–water partition coefficient (Wildman–Crippen LogP) is 4.48. The van der Waals surface area contributed by atoms with Gasteiger partial charge in [0, 0.05) is 6.04 Å². The lowest BCUT2D eigenvalue weighted by atomic mass is 10.1. The number of benzene rings is 2. The van der Waals surface area contributed by atoms with Gasteiger partial charge in [-0.1, -0.05) is 59.1 Å². The minimum absolute atomic E-state index is 0.139. The molecule has 0 amide bonds. The molecule has 0 saturated heterocycles. The van der Waals surface area contributed by atoms with Crippen LogP contribution in [0.5, 0.6) is 0 Å². The van der Waals surface area contributed by atoms with Crippen LogP contribution in [0, 0.1) is 6.92 Å². The van der Waals surface area contributed by atoms with E-state index in [1.165, 1.54) is 0 Å². The molecule has 0 saturated carbocycles. The molecule has 2 aromatic rings. The van der Waals surface area contributed by atoms with Crippen molar-refractivity contribution in [1.29, 1.82) is 0 Å². The first kappa shape index (κ1) is 17.3. The molecule has 3 nitrogen and oxygen atoms in total. The van der Waals surface area contributed by atoms with Gasteiger partial charge in [-0.05, 0) is 37.1 Å². The monoisotopic (exact) mass is 357 g/mol. The smallest absolute Gasteiger partial charge is 0.212 e. The van der Waals surface area contributed by atoms with Gasteiger partial charge < -0.3 is 0 Å². The van der Waals surface area contributed by atoms with Gasteiger partial charge in [0.2, 0.25) is 10.0 Å². The number of rotatable bonds is 5. The standard InChI is InChI=1S/C16H17Cl2NO2S/c1-11-3-6-14(7-4-11)12(2)19-22(20,21)10-13-5-8-15(17)16(18)9-13/h3-9,12,19H,10H2,1-2H3/t12-/m1/s1. The maximum absolute atomic E-state index is 12.3. The Morgan fingerprint density at radius 2 is 1.68 bits per heavy atom. The molecule has 2 aromatic carbocycles. The third-order valence-electron chi connectivity index (χ3n) is 3.27. The quantitative estimate of drug-likeness (QED) is 0.856. The number of hydrogen-bond acceptors (Lipinski definition) is 2. The van der Waals surface area contributed by atoms with Gasteiger partial charge in [0.05, 0.1) is 15.8 Å². The third-order valence-corrected chi connectivity index (χ3v) is 5.44. The second kappa shape index (κ2) is 7.01. The van der Waals surface area contributed by atoms with Crippen molar-refractivity contribution in [2.24, 2.45) is 0 Å². The van der Waals surface area contributed by atoms with Gasteiger partial charge >= 0.3 is 0 Å². The summed E-state index contributed by atoms with van der Waals surface area (Å²) in [5, 5.41) is 0.754. The first-order valence-corrected chi connectivity index (χ1v) is 9.18. The molecule has 0 heterocycles. The zero-order valence-electron chi connectivity index (χ0n) is 12.3. The Morgan fingerprint density at radius 3 is 2.27 bits per heavy atom. The van der Waals surface area contributed by atoms with E-state index in [2.05, 4.69) is 4.72 Å². The molecule has 0 bridgehead atoms. The number of halogens is 2. The molecule has 0 aliphatic heterocycles. The van der Waals surface area contributed by atoms with Crippen LogP contribution in [0.2, 0.25) is 10.0 Å². The van der Waals surface area contributed by atoms with E-state index < -0.39 is 10.0 Å². The lowest BCUT2D eigenvalue weighted by Gasteiger charge is -2.15. The summed E-state index contributed by atoms with van der Waals surface area (Å²) in [6.07, 6.45) is 0. The molecular formula is C16H17Cl2NO2S. The largest absolute Gasteiger partial charge is 0.216 e. The average molecular weight is 358 g/mol. The number of aryl methyl sites for hydroxylation is 1. The molecule has 0 aromatic heterocycles. The van der Waals surface area contributed by atoms with Crippen LogP contribution in [-0.2, 0) is 15.8 Å². The van der Waals surface area contributed by atoms with Crippen molar-refractivity contribution in [3.05, 3.63) is 69.2 Å². The van der Waals surface area contributed by atoms with Crippen molar-refractivity contribution in [3.8, 4) is 0 Å². The molecule has 1 N–H and O–H groups in total. The van der Waals surface area contributed by atoms with Crippen molar-refractivity contribution in [2.75, 3.05) is 0 Å². The SMILES string of the molecule is Cc1ccc([C@@H](C)NS(=O)(=O)Cc2ccc(Cl)c(Cl)c2)cc1. The molecule has 6 heteroatoms. The van der Waals surface area contributed by atoms with E-state index in [0.29, 0.717) is 15.6 Å². The third kappa shape index (κ3) is 4.71. The Kier molecular flexibility index (Phi) is 5.50. The summed E-state index contributed by atoms with van der Waals surface area (Å²) in [5.41, 5.74) is 2.65. The first-order chi connectivity index (χ1) is 10.3. The van der Waals surface area contributed by atoms with Crippen molar-refractivity contribution < 1.29 is 8.42 Å². The highest BCUT2D eigenvalue weighted by molar-refractivity contribution is 7.88. The summed E-state index contributed by atoms with van der Waals surface area (Å²) >= 11 is 11.7. The molecular weight excluding hydrogens is 341 g/mol. The topological polar surface area (TPSA) is 46.2 Å². The zero-order valence-corrected chi connectivity index (χ0v) is 14.6. The molecule has 2 rings (SSSR count). The molecule has 22 heavy (non-hydrogen) atoms. The van der Waals surface area contributed by atoms with E-state index in [9.17, 15) is 8.42 Å². The maximum atomic E-state index is 12.3. The Balaban J connectivity index is 2.10. The molecule has 0 aliphatic rings. The van der Waals surface area contributed by atoms with E-state index >= 15 is 0 Å². The lowest BCUT2D eigenvalue weighted by molar-refractivity contribution is 0.566. The fraction of sp³-hybridized carbons (Fsp3) is 0.250. The summed E-state index contributed by atoms with van der Waals surface area (Å²) in [5.74, 6) is -0.139. The Morgan fingerprint density at radius 1 is 1.05 bits per heavy atom. The highest BCUT2D eigenvalue weighted by atomic mass is 35.5. The Labute approximate surface area is 141 Å². The van der Waals surface area contributed by atoms with Crippen molar-refractivity contribution in [2.45, 2.75) is 25.6 Å². The summed E-state index contributed by atoms with van der Waals surface area (Å²) < 4.78 is 27.2. The fourth-order valence-corrected chi connectivity index (χ4v) is 3.78. The van der Waals surface area contributed by atoms with E-state index in [1.807, 2.05) is 38.1 Å². The van der Waals surface area contributed by atoms with Crippen LogP contribution < -0.4 is 4.72 Å². The molecule has 118 valence electrons. The number of nitrogens with one attached hydrogen (secondary N) is 1.